The number of carbonyl (C=O) groups is 7. The number of hydrogen-bond donors (Lipinski definition) is 8. The summed E-state index contributed by atoms with van der Waals surface area (Å²) in [5, 5.41) is 33.9. The standard InChI is InChI=1S/C24H33N5O10/c25-14(12-13-4-2-1-3-5-13)21(35)27-15(6-9-18(26)30)22(36)28-16(7-10-19(31)32)23(37)29-17(24(38)39)8-11-20(33)34/h1-5,14-17H,6-12,25H2,(H2,26,30)(H,27,35)(H,28,36)(H,29,37)(H,31,32)(H,33,34)(H,38,39). The summed E-state index contributed by atoms with van der Waals surface area (Å²) >= 11 is 0. The average molecular weight is 552 g/mol. The van der Waals surface area contributed by atoms with Gasteiger partial charge in [-0.25, -0.2) is 4.79 Å². The van der Waals surface area contributed by atoms with E-state index in [1.165, 1.54) is 0 Å². The monoisotopic (exact) mass is 551 g/mol. The van der Waals surface area contributed by atoms with Crippen LogP contribution in [0.15, 0.2) is 30.3 Å². The van der Waals surface area contributed by atoms with E-state index in [1.807, 2.05) is 0 Å². The number of benzene rings is 1. The minimum atomic E-state index is -1.63. The first-order valence-electron chi connectivity index (χ1n) is 12.0. The topological polar surface area (TPSA) is 268 Å². The molecule has 4 amide bonds. The zero-order valence-corrected chi connectivity index (χ0v) is 21.0. The molecule has 0 spiro atoms. The molecule has 0 aliphatic heterocycles. The molecule has 10 N–H and O–H groups in total. The molecule has 1 aromatic carbocycles. The normalized spacial score (nSPS) is 13.7. The molecule has 0 saturated heterocycles. The van der Waals surface area contributed by atoms with Crippen molar-refractivity contribution >= 4 is 41.5 Å². The first-order chi connectivity index (χ1) is 18.3. The van der Waals surface area contributed by atoms with Crippen molar-refractivity contribution in [2.75, 3.05) is 0 Å². The first kappa shape index (κ1) is 32.5. The molecule has 0 radical (unpaired) electrons. The van der Waals surface area contributed by atoms with Gasteiger partial charge in [0.1, 0.15) is 18.1 Å². The molecule has 15 heteroatoms. The molecule has 214 valence electrons. The summed E-state index contributed by atoms with van der Waals surface area (Å²) in [5.74, 6) is -7.72. The van der Waals surface area contributed by atoms with E-state index in [2.05, 4.69) is 16.0 Å². The highest BCUT2D eigenvalue weighted by molar-refractivity contribution is 5.94. The summed E-state index contributed by atoms with van der Waals surface area (Å²) in [6.45, 7) is 0. The van der Waals surface area contributed by atoms with Crippen molar-refractivity contribution in [3.05, 3.63) is 35.9 Å². The molecule has 39 heavy (non-hydrogen) atoms. The number of primary amides is 1. The molecule has 4 unspecified atom stereocenters. The third kappa shape index (κ3) is 13.0. The van der Waals surface area contributed by atoms with Gasteiger partial charge in [0, 0.05) is 19.3 Å². The molecule has 0 saturated carbocycles. The summed E-state index contributed by atoms with van der Waals surface area (Å²) in [6, 6.07) is 3.12. The SMILES string of the molecule is NC(=O)CCC(NC(=O)C(N)Cc1ccccc1)C(=O)NC(CCC(=O)O)C(=O)NC(CCC(=O)O)C(=O)O. The van der Waals surface area contributed by atoms with Gasteiger partial charge in [-0.05, 0) is 31.2 Å². The predicted octanol–water partition coefficient (Wildman–Crippen LogP) is -1.91. The minimum absolute atomic E-state index is 0.132. The van der Waals surface area contributed by atoms with Gasteiger partial charge in [-0.15, -0.1) is 0 Å². The maximum absolute atomic E-state index is 13.0. The fourth-order valence-electron chi connectivity index (χ4n) is 3.40. The Bertz CT molecular complexity index is 1050. The Kier molecular flexibility index (Phi) is 13.6. The van der Waals surface area contributed by atoms with Crippen molar-refractivity contribution in [2.24, 2.45) is 11.5 Å². The van der Waals surface area contributed by atoms with Gasteiger partial charge in [-0.1, -0.05) is 30.3 Å². The Balaban J connectivity index is 3.03. The maximum atomic E-state index is 13.0. The fraction of sp³-hybridized carbons (Fsp3) is 0.458. The number of nitrogens with one attached hydrogen (secondary N) is 3. The first-order valence-corrected chi connectivity index (χ1v) is 12.0. The van der Waals surface area contributed by atoms with Crippen molar-refractivity contribution in [2.45, 2.75) is 69.1 Å². The minimum Gasteiger partial charge on any atom is -0.481 e. The zero-order valence-electron chi connectivity index (χ0n) is 21.0. The van der Waals surface area contributed by atoms with E-state index >= 15 is 0 Å². The number of amides is 4. The lowest BCUT2D eigenvalue weighted by Crippen LogP contribution is -2.57. The van der Waals surface area contributed by atoms with Gasteiger partial charge in [0.15, 0.2) is 0 Å². The quantitative estimate of drug-likeness (QED) is 0.0997. The van der Waals surface area contributed by atoms with Crippen LogP contribution in [0.4, 0.5) is 0 Å². The number of hydrogen-bond acceptors (Lipinski definition) is 8. The van der Waals surface area contributed by atoms with Crippen LogP contribution in [0.5, 0.6) is 0 Å². The second-order valence-electron chi connectivity index (χ2n) is 8.69. The van der Waals surface area contributed by atoms with Gasteiger partial charge in [-0.2, -0.15) is 0 Å². The number of nitrogens with two attached hydrogens (primary N) is 2. The van der Waals surface area contributed by atoms with Crippen molar-refractivity contribution in [3.63, 3.8) is 0 Å². The lowest BCUT2D eigenvalue weighted by molar-refractivity contribution is -0.144. The number of carboxylic acids is 3. The van der Waals surface area contributed by atoms with E-state index in [-0.39, 0.29) is 19.3 Å². The fourth-order valence-corrected chi connectivity index (χ4v) is 3.40. The molecule has 0 fully saturated rings. The third-order valence-electron chi connectivity index (χ3n) is 5.49. The van der Waals surface area contributed by atoms with Crippen LogP contribution in [0, 0.1) is 0 Å². The van der Waals surface area contributed by atoms with Crippen molar-refractivity contribution in [3.8, 4) is 0 Å². The van der Waals surface area contributed by atoms with E-state index in [1.54, 1.807) is 30.3 Å². The largest absolute Gasteiger partial charge is 0.481 e. The molecule has 4 atom stereocenters. The number of aliphatic carboxylic acids is 3. The average Bonchev–Trinajstić information content (AvgIpc) is 2.86. The van der Waals surface area contributed by atoms with Gasteiger partial charge in [0.25, 0.3) is 0 Å². The van der Waals surface area contributed by atoms with Gasteiger partial charge in [-0.3, -0.25) is 28.8 Å². The molecule has 0 aromatic heterocycles. The Labute approximate surface area is 223 Å². The van der Waals surface area contributed by atoms with Crippen molar-refractivity contribution < 1.29 is 48.9 Å². The van der Waals surface area contributed by atoms with Gasteiger partial charge in [0.05, 0.1) is 6.04 Å². The highest BCUT2D eigenvalue weighted by atomic mass is 16.4. The summed E-state index contributed by atoms with van der Waals surface area (Å²) in [7, 11) is 0. The lowest BCUT2D eigenvalue weighted by Gasteiger charge is -2.25. The maximum Gasteiger partial charge on any atom is 0.326 e. The smallest absolute Gasteiger partial charge is 0.326 e. The van der Waals surface area contributed by atoms with Gasteiger partial charge in [0.2, 0.25) is 23.6 Å². The van der Waals surface area contributed by atoms with Crippen molar-refractivity contribution in [1.29, 1.82) is 0 Å². The molecular formula is C24H33N5O10. The molecule has 0 aliphatic rings. The van der Waals surface area contributed by atoms with E-state index in [0.717, 1.165) is 5.56 Å². The lowest BCUT2D eigenvalue weighted by atomic mass is 10.0. The van der Waals surface area contributed by atoms with E-state index in [9.17, 15) is 38.7 Å². The van der Waals surface area contributed by atoms with Crippen LogP contribution in [-0.4, -0.2) is 81.0 Å². The van der Waals surface area contributed by atoms with Crippen LogP contribution >= 0.6 is 0 Å². The van der Waals surface area contributed by atoms with E-state index in [4.69, 9.17) is 21.7 Å². The van der Waals surface area contributed by atoms with Crippen LogP contribution in [-0.2, 0) is 40.0 Å². The summed E-state index contributed by atoms with van der Waals surface area (Å²) in [6.07, 6.45) is -2.55. The summed E-state index contributed by atoms with van der Waals surface area (Å²) in [4.78, 5) is 83.1. The second-order valence-corrected chi connectivity index (χ2v) is 8.69. The predicted molar refractivity (Wildman–Crippen MR) is 134 cm³/mol. The Morgan fingerprint density at radius 3 is 1.56 bits per heavy atom. The Morgan fingerprint density at radius 2 is 1.10 bits per heavy atom. The van der Waals surface area contributed by atoms with Gasteiger partial charge < -0.3 is 42.7 Å². The van der Waals surface area contributed by atoms with E-state index < -0.39 is 91.4 Å². The molecule has 1 aromatic rings. The van der Waals surface area contributed by atoms with Crippen LogP contribution < -0.4 is 27.4 Å². The van der Waals surface area contributed by atoms with Crippen LogP contribution in [0.25, 0.3) is 0 Å². The molecule has 0 bridgehead atoms. The molecular weight excluding hydrogens is 518 g/mol. The highest BCUT2D eigenvalue weighted by Crippen LogP contribution is 2.07. The van der Waals surface area contributed by atoms with Crippen LogP contribution in [0.2, 0.25) is 0 Å². The second kappa shape index (κ2) is 16.3. The Morgan fingerprint density at radius 1 is 0.667 bits per heavy atom. The number of carbonyl (C=O) groups excluding carboxylic acids is 4. The molecule has 0 heterocycles. The summed E-state index contributed by atoms with van der Waals surface area (Å²) < 4.78 is 0. The summed E-state index contributed by atoms with van der Waals surface area (Å²) in [5.41, 5.74) is 11.9. The molecule has 0 aliphatic carbocycles. The Hall–Kier alpha value is -4.53. The van der Waals surface area contributed by atoms with Crippen LogP contribution in [0.1, 0.15) is 44.1 Å². The molecule has 1 rings (SSSR count). The highest BCUT2D eigenvalue weighted by Gasteiger charge is 2.31. The van der Waals surface area contributed by atoms with Crippen LogP contribution in [0.3, 0.4) is 0 Å². The van der Waals surface area contributed by atoms with E-state index in [0.29, 0.717) is 0 Å². The number of rotatable bonds is 18. The zero-order chi connectivity index (χ0) is 29.5. The van der Waals surface area contributed by atoms with Crippen molar-refractivity contribution in [1.82, 2.24) is 16.0 Å². The molecule has 15 nitrogen and oxygen atoms in total. The third-order valence-corrected chi connectivity index (χ3v) is 5.49. The number of carboxylic acid groups (broad SMARTS) is 3. The van der Waals surface area contributed by atoms with Gasteiger partial charge >= 0.3 is 17.9 Å².